The minimum absolute atomic E-state index is 0.204. The predicted octanol–water partition coefficient (Wildman–Crippen LogP) is 2.99. The predicted molar refractivity (Wildman–Crippen MR) is 78.0 cm³/mol. The fourth-order valence-electron chi connectivity index (χ4n) is 2.11. The monoisotopic (exact) mass is 268 g/mol. The second-order valence-electron chi connectivity index (χ2n) is 4.30. The summed E-state index contributed by atoms with van der Waals surface area (Å²) in [6.07, 6.45) is 0.204. The number of primary amides is 1. The van der Waals surface area contributed by atoms with E-state index in [1.807, 2.05) is 29.6 Å². The topological polar surface area (TPSA) is 56.0 Å². The molecule has 2 N–H and O–H groups in total. The van der Waals surface area contributed by atoms with Crippen molar-refractivity contribution in [3.8, 4) is 11.3 Å². The molecule has 0 fully saturated rings. The summed E-state index contributed by atoms with van der Waals surface area (Å²) >= 11 is 1.47. The number of thiazole rings is 1. The van der Waals surface area contributed by atoms with Gasteiger partial charge >= 0.3 is 0 Å². The normalized spacial score (nSPS) is 10.7. The third-order valence-corrected chi connectivity index (χ3v) is 3.79. The molecule has 0 spiro atoms. The molecular formula is C15H12N2OS. The van der Waals surface area contributed by atoms with Crippen molar-refractivity contribution in [2.24, 2.45) is 5.73 Å². The first-order valence-corrected chi connectivity index (χ1v) is 6.83. The Labute approximate surface area is 114 Å². The smallest absolute Gasteiger partial charge is 0.224 e. The van der Waals surface area contributed by atoms with E-state index in [2.05, 4.69) is 23.2 Å². The van der Waals surface area contributed by atoms with Gasteiger partial charge < -0.3 is 5.73 Å². The number of aromatic nitrogens is 1. The van der Waals surface area contributed by atoms with Crippen molar-refractivity contribution in [1.29, 1.82) is 0 Å². The maximum absolute atomic E-state index is 10.9. The van der Waals surface area contributed by atoms with Gasteiger partial charge in [0.05, 0.1) is 12.1 Å². The number of amides is 1. The highest BCUT2D eigenvalue weighted by atomic mass is 32.1. The Bertz CT molecular complexity index is 743. The second-order valence-corrected chi connectivity index (χ2v) is 5.24. The van der Waals surface area contributed by atoms with Crippen molar-refractivity contribution in [3.05, 3.63) is 52.9 Å². The number of carbonyl (C=O) groups excluding carboxylic acids is 1. The Morgan fingerprint density at radius 1 is 1.16 bits per heavy atom. The molecular weight excluding hydrogens is 256 g/mol. The number of benzene rings is 2. The number of carbonyl (C=O) groups is 1. The molecule has 0 saturated heterocycles. The molecule has 0 aliphatic rings. The number of hydrogen-bond donors (Lipinski definition) is 1. The molecule has 1 heterocycles. The molecule has 94 valence electrons. The van der Waals surface area contributed by atoms with E-state index in [9.17, 15) is 4.79 Å². The number of rotatable bonds is 3. The molecule has 0 aliphatic heterocycles. The van der Waals surface area contributed by atoms with Crippen molar-refractivity contribution < 1.29 is 4.79 Å². The molecule has 3 aromatic rings. The third-order valence-electron chi connectivity index (χ3n) is 2.94. The Hall–Kier alpha value is -2.20. The van der Waals surface area contributed by atoms with Gasteiger partial charge in [-0.25, -0.2) is 4.98 Å². The van der Waals surface area contributed by atoms with Crippen LogP contribution in [0.3, 0.4) is 0 Å². The summed E-state index contributed by atoms with van der Waals surface area (Å²) in [5.41, 5.74) is 7.18. The zero-order valence-electron chi connectivity index (χ0n) is 10.2. The van der Waals surface area contributed by atoms with E-state index >= 15 is 0 Å². The fraction of sp³-hybridized carbons (Fsp3) is 0.0667. The van der Waals surface area contributed by atoms with Crippen molar-refractivity contribution >= 4 is 28.0 Å². The van der Waals surface area contributed by atoms with Crippen LogP contribution in [0.4, 0.5) is 0 Å². The van der Waals surface area contributed by atoms with E-state index in [1.165, 1.54) is 22.1 Å². The van der Waals surface area contributed by atoms with Crippen LogP contribution in [-0.2, 0) is 11.2 Å². The highest BCUT2D eigenvalue weighted by Crippen LogP contribution is 2.29. The Kier molecular flexibility index (Phi) is 3.01. The molecule has 1 aromatic heterocycles. The van der Waals surface area contributed by atoms with Crippen molar-refractivity contribution in [3.63, 3.8) is 0 Å². The summed E-state index contributed by atoms with van der Waals surface area (Å²) in [6.45, 7) is 0. The lowest BCUT2D eigenvalue weighted by Crippen LogP contribution is -2.13. The van der Waals surface area contributed by atoms with Gasteiger partial charge in [0.25, 0.3) is 0 Å². The van der Waals surface area contributed by atoms with Crippen LogP contribution in [0, 0.1) is 0 Å². The summed E-state index contributed by atoms with van der Waals surface area (Å²) in [6, 6.07) is 14.3. The van der Waals surface area contributed by atoms with Gasteiger partial charge in [-0.1, -0.05) is 42.5 Å². The lowest BCUT2D eigenvalue weighted by atomic mass is 10.0. The highest BCUT2D eigenvalue weighted by molar-refractivity contribution is 7.10. The van der Waals surface area contributed by atoms with Gasteiger partial charge in [-0.15, -0.1) is 11.3 Å². The molecule has 2 aromatic carbocycles. The maximum atomic E-state index is 10.9. The first kappa shape index (κ1) is 11.9. The van der Waals surface area contributed by atoms with Gasteiger partial charge in [-0.3, -0.25) is 4.79 Å². The third kappa shape index (κ3) is 2.35. The van der Waals surface area contributed by atoms with Gasteiger partial charge in [-0.2, -0.15) is 0 Å². The molecule has 0 radical (unpaired) electrons. The van der Waals surface area contributed by atoms with Crippen molar-refractivity contribution in [2.45, 2.75) is 6.42 Å². The van der Waals surface area contributed by atoms with Gasteiger partial charge in [0.1, 0.15) is 5.01 Å². The molecule has 3 nitrogen and oxygen atoms in total. The number of fused-ring (bicyclic) bond motifs is 1. The van der Waals surface area contributed by atoms with Gasteiger partial charge in [0.15, 0.2) is 0 Å². The largest absolute Gasteiger partial charge is 0.369 e. The molecule has 1 amide bonds. The van der Waals surface area contributed by atoms with Gasteiger partial charge in [0, 0.05) is 10.9 Å². The van der Waals surface area contributed by atoms with E-state index < -0.39 is 0 Å². The van der Waals surface area contributed by atoms with E-state index in [1.54, 1.807) is 0 Å². The molecule has 19 heavy (non-hydrogen) atoms. The van der Waals surface area contributed by atoms with E-state index in [0.717, 1.165) is 16.3 Å². The summed E-state index contributed by atoms with van der Waals surface area (Å²) in [5.74, 6) is -0.348. The summed E-state index contributed by atoms with van der Waals surface area (Å²) in [5, 5.41) is 5.08. The number of nitrogens with zero attached hydrogens (tertiary/aromatic N) is 1. The van der Waals surface area contributed by atoms with Crippen LogP contribution in [0.5, 0.6) is 0 Å². The molecule has 0 bridgehead atoms. The van der Waals surface area contributed by atoms with E-state index in [-0.39, 0.29) is 12.3 Å². The van der Waals surface area contributed by atoms with E-state index in [0.29, 0.717) is 0 Å². The van der Waals surface area contributed by atoms with Crippen molar-refractivity contribution in [1.82, 2.24) is 4.98 Å². The quantitative estimate of drug-likeness (QED) is 0.794. The maximum Gasteiger partial charge on any atom is 0.224 e. The molecule has 0 aliphatic carbocycles. The first-order chi connectivity index (χ1) is 9.24. The first-order valence-electron chi connectivity index (χ1n) is 5.95. The van der Waals surface area contributed by atoms with Crippen LogP contribution in [0.15, 0.2) is 47.8 Å². The fourth-order valence-corrected chi connectivity index (χ4v) is 2.92. The Morgan fingerprint density at radius 3 is 2.79 bits per heavy atom. The minimum Gasteiger partial charge on any atom is -0.369 e. The van der Waals surface area contributed by atoms with E-state index in [4.69, 9.17) is 5.73 Å². The lowest BCUT2D eigenvalue weighted by Gasteiger charge is -2.03. The summed E-state index contributed by atoms with van der Waals surface area (Å²) in [4.78, 5) is 15.4. The average Bonchev–Trinajstić information content (AvgIpc) is 2.85. The van der Waals surface area contributed by atoms with Crippen LogP contribution in [0.2, 0.25) is 0 Å². The highest BCUT2D eigenvalue weighted by Gasteiger charge is 2.09. The van der Waals surface area contributed by atoms with Crippen molar-refractivity contribution in [2.75, 3.05) is 0 Å². The Morgan fingerprint density at radius 2 is 1.95 bits per heavy atom. The molecule has 0 unspecified atom stereocenters. The SMILES string of the molecule is NC(=O)Cc1nc(-c2cccc3ccccc23)cs1. The zero-order valence-corrected chi connectivity index (χ0v) is 11.0. The second kappa shape index (κ2) is 4.82. The van der Waals surface area contributed by atoms with Crippen LogP contribution >= 0.6 is 11.3 Å². The van der Waals surface area contributed by atoms with Crippen LogP contribution < -0.4 is 5.73 Å². The standard InChI is InChI=1S/C15H12N2OS/c16-14(18)8-15-17-13(9-19-15)12-7-3-5-10-4-1-2-6-11(10)12/h1-7,9H,8H2,(H2,16,18). The minimum atomic E-state index is -0.348. The number of hydrogen-bond acceptors (Lipinski definition) is 3. The van der Waals surface area contributed by atoms with Crippen LogP contribution in [0.1, 0.15) is 5.01 Å². The van der Waals surface area contributed by atoms with Gasteiger partial charge in [0.2, 0.25) is 5.91 Å². The molecule has 3 rings (SSSR count). The lowest BCUT2D eigenvalue weighted by molar-refractivity contribution is -0.117. The zero-order chi connectivity index (χ0) is 13.2. The Balaban J connectivity index is 2.09. The molecule has 4 heteroatoms. The van der Waals surface area contributed by atoms with Crippen LogP contribution in [0.25, 0.3) is 22.0 Å². The van der Waals surface area contributed by atoms with Gasteiger partial charge in [-0.05, 0) is 10.8 Å². The molecule has 0 saturated carbocycles. The number of nitrogens with two attached hydrogens (primary N) is 1. The summed E-state index contributed by atoms with van der Waals surface area (Å²) in [7, 11) is 0. The average molecular weight is 268 g/mol. The van der Waals surface area contributed by atoms with Crippen LogP contribution in [-0.4, -0.2) is 10.9 Å². The molecule has 0 atom stereocenters. The summed E-state index contributed by atoms with van der Waals surface area (Å²) < 4.78 is 0.